The molecule has 0 saturated carbocycles. The van der Waals surface area contributed by atoms with E-state index in [0.29, 0.717) is 4.47 Å². The number of halogens is 1. The van der Waals surface area contributed by atoms with Gasteiger partial charge in [0.15, 0.2) is 0 Å². The number of hydrogen-bond donors (Lipinski definition) is 0. The summed E-state index contributed by atoms with van der Waals surface area (Å²) in [5.41, 5.74) is 2.31. The third-order valence-corrected chi connectivity index (χ3v) is 4.07. The number of nitrogens with zero attached hydrogens (tertiary/aromatic N) is 1. The van der Waals surface area contributed by atoms with Crippen molar-refractivity contribution in [3.05, 3.63) is 75.3 Å². The summed E-state index contributed by atoms with van der Waals surface area (Å²) in [6.45, 7) is 0. The molecule has 3 rings (SSSR count). The van der Waals surface area contributed by atoms with Crippen molar-refractivity contribution < 1.29 is 4.92 Å². The van der Waals surface area contributed by atoms with Crippen molar-refractivity contribution in [1.82, 2.24) is 0 Å². The molecule has 0 N–H and O–H groups in total. The molecule has 0 aliphatic rings. The summed E-state index contributed by atoms with van der Waals surface area (Å²) < 4.78 is 0.527. The molecule has 0 fully saturated rings. The van der Waals surface area contributed by atoms with Crippen LogP contribution in [-0.4, -0.2) is 4.92 Å². The van der Waals surface area contributed by atoms with Crippen LogP contribution in [0.5, 0.6) is 0 Å². The Hall–Kier alpha value is -2.20. The first-order valence-corrected chi connectivity index (χ1v) is 6.88. The fourth-order valence-corrected chi connectivity index (χ4v) is 2.87. The maximum atomic E-state index is 10.9. The Labute approximate surface area is 124 Å². The van der Waals surface area contributed by atoms with Gasteiger partial charge in [0.05, 0.1) is 4.92 Å². The fourth-order valence-electron chi connectivity index (χ4n) is 2.23. The molecule has 0 saturated heterocycles. The van der Waals surface area contributed by atoms with Crippen LogP contribution in [0.3, 0.4) is 0 Å². The lowest BCUT2D eigenvalue weighted by atomic mass is 10.0. The van der Waals surface area contributed by atoms with Crippen molar-refractivity contribution in [3.63, 3.8) is 0 Å². The normalized spacial score (nSPS) is 10.7. The molecule has 0 aliphatic heterocycles. The fraction of sp³-hybridized carbons (Fsp3) is 0. The summed E-state index contributed by atoms with van der Waals surface area (Å²) in [5, 5.41) is 12.8. The summed E-state index contributed by atoms with van der Waals surface area (Å²) in [5.74, 6) is 0. The molecule has 0 aromatic heterocycles. The standard InChI is InChI=1S/C16H10BrNO2/c17-16-14-8-6-12(11-4-2-1-3-5-11)10-13(14)7-9-15(16)18(19)20/h1-10H. The maximum absolute atomic E-state index is 10.9. The molecule has 3 aromatic rings. The van der Waals surface area contributed by atoms with E-state index < -0.39 is 0 Å². The van der Waals surface area contributed by atoms with E-state index in [1.807, 2.05) is 48.5 Å². The monoisotopic (exact) mass is 327 g/mol. The highest BCUT2D eigenvalue weighted by atomic mass is 79.9. The van der Waals surface area contributed by atoms with Crippen molar-refractivity contribution in [1.29, 1.82) is 0 Å². The number of nitro benzene ring substituents is 1. The van der Waals surface area contributed by atoms with Crippen molar-refractivity contribution in [2.75, 3.05) is 0 Å². The van der Waals surface area contributed by atoms with Gasteiger partial charge in [-0.05, 0) is 44.6 Å². The Balaban J connectivity index is 2.19. The topological polar surface area (TPSA) is 43.1 Å². The highest BCUT2D eigenvalue weighted by Crippen LogP contribution is 2.34. The van der Waals surface area contributed by atoms with Gasteiger partial charge in [-0.15, -0.1) is 0 Å². The Morgan fingerprint density at radius 3 is 2.35 bits per heavy atom. The molecule has 0 atom stereocenters. The zero-order valence-electron chi connectivity index (χ0n) is 10.4. The Bertz CT molecular complexity index is 800. The van der Waals surface area contributed by atoms with Gasteiger partial charge in [-0.2, -0.15) is 0 Å². The lowest BCUT2D eigenvalue weighted by Crippen LogP contribution is -1.90. The van der Waals surface area contributed by atoms with Crippen LogP contribution >= 0.6 is 15.9 Å². The van der Waals surface area contributed by atoms with E-state index in [1.54, 1.807) is 6.07 Å². The smallest absolute Gasteiger partial charge is 0.258 e. The highest BCUT2D eigenvalue weighted by Gasteiger charge is 2.14. The number of benzene rings is 3. The molecule has 0 aliphatic carbocycles. The predicted molar refractivity (Wildman–Crippen MR) is 83.7 cm³/mol. The van der Waals surface area contributed by atoms with Crippen LogP contribution in [0.4, 0.5) is 5.69 Å². The van der Waals surface area contributed by atoms with E-state index >= 15 is 0 Å². The highest BCUT2D eigenvalue weighted by molar-refractivity contribution is 9.10. The summed E-state index contributed by atoms with van der Waals surface area (Å²) in [4.78, 5) is 10.5. The molecule has 0 heterocycles. The molecule has 3 aromatic carbocycles. The second-order valence-corrected chi connectivity index (χ2v) is 5.25. The van der Waals surface area contributed by atoms with E-state index in [2.05, 4.69) is 15.9 Å². The molecular weight excluding hydrogens is 318 g/mol. The molecule has 0 bridgehead atoms. The third kappa shape index (κ3) is 2.18. The lowest BCUT2D eigenvalue weighted by molar-refractivity contribution is -0.385. The molecule has 0 radical (unpaired) electrons. The number of hydrogen-bond acceptors (Lipinski definition) is 2. The lowest BCUT2D eigenvalue weighted by Gasteiger charge is -2.06. The predicted octanol–water partition coefficient (Wildman–Crippen LogP) is 5.18. The summed E-state index contributed by atoms with van der Waals surface area (Å²) in [6.07, 6.45) is 0. The van der Waals surface area contributed by atoms with Crippen LogP contribution in [0.2, 0.25) is 0 Å². The van der Waals surface area contributed by atoms with Gasteiger partial charge < -0.3 is 0 Å². The van der Waals surface area contributed by atoms with E-state index in [9.17, 15) is 10.1 Å². The average Bonchev–Trinajstić information content (AvgIpc) is 2.48. The van der Waals surface area contributed by atoms with Gasteiger partial charge in [0.25, 0.3) is 5.69 Å². The van der Waals surface area contributed by atoms with Gasteiger partial charge in [0.1, 0.15) is 4.47 Å². The minimum atomic E-state index is -0.380. The zero-order valence-corrected chi connectivity index (χ0v) is 12.0. The number of rotatable bonds is 2. The maximum Gasteiger partial charge on any atom is 0.284 e. The zero-order chi connectivity index (χ0) is 14.1. The second-order valence-electron chi connectivity index (χ2n) is 4.46. The number of nitro groups is 1. The van der Waals surface area contributed by atoms with Crippen LogP contribution in [0.1, 0.15) is 0 Å². The van der Waals surface area contributed by atoms with E-state index in [1.165, 1.54) is 6.07 Å². The first-order chi connectivity index (χ1) is 9.66. The van der Waals surface area contributed by atoms with Gasteiger partial charge in [-0.1, -0.05) is 42.5 Å². The van der Waals surface area contributed by atoms with Crippen LogP contribution in [0.25, 0.3) is 21.9 Å². The van der Waals surface area contributed by atoms with E-state index in [4.69, 9.17) is 0 Å². The van der Waals surface area contributed by atoms with Gasteiger partial charge in [-0.3, -0.25) is 10.1 Å². The Morgan fingerprint density at radius 1 is 0.900 bits per heavy atom. The second kappa shape index (κ2) is 5.06. The minimum Gasteiger partial charge on any atom is -0.258 e. The molecule has 0 amide bonds. The SMILES string of the molecule is O=[N+]([O-])c1ccc2cc(-c3ccccc3)ccc2c1Br. The minimum absolute atomic E-state index is 0.0879. The van der Waals surface area contributed by atoms with E-state index in [-0.39, 0.29) is 10.6 Å². The molecule has 4 heteroatoms. The van der Waals surface area contributed by atoms with Crippen molar-refractivity contribution in [2.24, 2.45) is 0 Å². The van der Waals surface area contributed by atoms with Crippen LogP contribution in [0.15, 0.2) is 65.1 Å². The van der Waals surface area contributed by atoms with Crippen LogP contribution in [0, 0.1) is 10.1 Å². The van der Waals surface area contributed by atoms with E-state index in [0.717, 1.165) is 21.9 Å². The van der Waals surface area contributed by atoms with Crippen LogP contribution < -0.4 is 0 Å². The molecular formula is C16H10BrNO2. The van der Waals surface area contributed by atoms with Crippen molar-refractivity contribution in [3.8, 4) is 11.1 Å². The quantitative estimate of drug-likeness (QED) is 0.481. The van der Waals surface area contributed by atoms with Crippen molar-refractivity contribution in [2.45, 2.75) is 0 Å². The molecule has 20 heavy (non-hydrogen) atoms. The van der Waals surface area contributed by atoms with Crippen molar-refractivity contribution >= 4 is 32.4 Å². The molecule has 98 valence electrons. The average molecular weight is 328 g/mol. The largest absolute Gasteiger partial charge is 0.284 e. The van der Waals surface area contributed by atoms with Gasteiger partial charge in [0.2, 0.25) is 0 Å². The van der Waals surface area contributed by atoms with Gasteiger partial charge in [0, 0.05) is 11.5 Å². The Kier molecular flexibility index (Phi) is 3.24. The summed E-state index contributed by atoms with van der Waals surface area (Å²) >= 11 is 3.32. The molecule has 3 nitrogen and oxygen atoms in total. The summed E-state index contributed by atoms with van der Waals surface area (Å²) in [7, 11) is 0. The molecule has 0 unspecified atom stereocenters. The van der Waals surface area contributed by atoms with Gasteiger partial charge in [-0.25, -0.2) is 0 Å². The third-order valence-electron chi connectivity index (χ3n) is 3.24. The Morgan fingerprint density at radius 2 is 1.65 bits per heavy atom. The van der Waals surface area contributed by atoms with Crippen LogP contribution in [-0.2, 0) is 0 Å². The first kappa shape index (κ1) is 12.8. The van der Waals surface area contributed by atoms with Gasteiger partial charge >= 0.3 is 0 Å². The molecule has 0 spiro atoms. The number of fused-ring (bicyclic) bond motifs is 1. The summed E-state index contributed by atoms with van der Waals surface area (Å²) in [6, 6.07) is 19.3. The first-order valence-electron chi connectivity index (χ1n) is 6.09.